The van der Waals surface area contributed by atoms with E-state index in [2.05, 4.69) is 0 Å². The van der Waals surface area contributed by atoms with Crippen LogP contribution in [0.5, 0.6) is 0 Å². The topological polar surface area (TPSA) is 49.4 Å². The Morgan fingerprint density at radius 3 is 2.44 bits per heavy atom. The Morgan fingerprint density at radius 2 is 2.00 bits per heavy atom. The summed E-state index contributed by atoms with van der Waals surface area (Å²) < 4.78 is 5.37. The van der Waals surface area contributed by atoms with Crippen molar-refractivity contribution in [1.29, 1.82) is 0 Å². The SMILES string of the molecule is CCC1(C)CC(OC(=O)C(C)I)CC(C)(C)N1[O]. The van der Waals surface area contributed by atoms with Gasteiger partial charge in [-0.1, -0.05) is 29.5 Å². The van der Waals surface area contributed by atoms with Crippen molar-refractivity contribution in [2.24, 2.45) is 0 Å². The third kappa shape index (κ3) is 3.36. The molecule has 3 atom stereocenters. The number of hydrogen-bond donors (Lipinski definition) is 0. The van der Waals surface area contributed by atoms with E-state index in [9.17, 15) is 10.0 Å². The molecule has 0 aromatic heterocycles. The minimum Gasteiger partial charge on any atom is -0.461 e. The molecule has 1 rings (SSSR count). The summed E-state index contributed by atoms with van der Waals surface area (Å²) in [5, 5.41) is 13.5. The Kier molecular flexibility index (Phi) is 5.06. The quantitative estimate of drug-likeness (QED) is 0.437. The Bertz CT molecular complexity index is 319. The van der Waals surface area contributed by atoms with Crippen LogP contribution in [0.25, 0.3) is 0 Å². The van der Waals surface area contributed by atoms with Crippen molar-refractivity contribution in [2.75, 3.05) is 0 Å². The number of esters is 1. The first-order valence-electron chi connectivity index (χ1n) is 6.44. The molecule has 1 fully saturated rings. The fourth-order valence-electron chi connectivity index (χ4n) is 2.65. The van der Waals surface area contributed by atoms with E-state index in [-0.39, 0.29) is 16.0 Å². The van der Waals surface area contributed by atoms with Gasteiger partial charge in [-0.3, -0.25) is 4.79 Å². The minimum absolute atomic E-state index is 0.149. The first-order valence-corrected chi connectivity index (χ1v) is 7.69. The van der Waals surface area contributed by atoms with E-state index >= 15 is 0 Å². The zero-order valence-electron chi connectivity index (χ0n) is 11.8. The van der Waals surface area contributed by atoms with Crippen molar-refractivity contribution < 1.29 is 14.7 Å². The van der Waals surface area contributed by atoms with Crippen LogP contribution in [0, 0.1) is 0 Å². The normalized spacial score (nSPS) is 34.1. The van der Waals surface area contributed by atoms with Crippen LogP contribution in [0.15, 0.2) is 0 Å². The van der Waals surface area contributed by atoms with Gasteiger partial charge in [-0.15, -0.1) is 10.3 Å². The molecule has 1 saturated heterocycles. The highest BCUT2D eigenvalue weighted by Crippen LogP contribution is 2.40. The van der Waals surface area contributed by atoms with Crippen molar-refractivity contribution in [2.45, 2.75) is 75.0 Å². The summed E-state index contributed by atoms with van der Waals surface area (Å²) in [7, 11) is 0. The molecule has 0 bridgehead atoms. The van der Waals surface area contributed by atoms with Gasteiger partial charge in [0.05, 0.1) is 5.54 Å². The lowest BCUT2D eigenvalue weighted by Crippen LogP contribution is -2.61. The lowest BCUT2D eigenvalue weighted by atomic mass is 9.78. The van der Waals surface area contributed by atoms with Gasteiger partial charge in [0.15, 0.2) is 0 Å². The second-order valence-electron chi connectivity index (χ2n) is 6.04. The molecule has 0 saturated carbocycles. The molecule has 1 heterocycles. The third-order valence-electron chi connectivity index (χ3n) is 3.80. The Hall–Kier alpha value is 0.120. The minimum atomic E-state index is -0.484. The van der Waals surface area contributed by atoms with Gasteiger partial charge in [0.1, 0.15) is 10.0 Å². The number of carbonyl (C=O) groups excluding carboxylic acids is 1. The van der Waals surface area contributed by atoms with Gasteiger partial charge in [0.2, 0.25) is 0 Å². The Morgan fingerprint density at radius 1 is 1.44 bits per heavy atom. The zero-order valence-corrected chi connectivity index (χ0v) is 14.0. The van der Waals surface area contributed by atoms with Gasteiger partial charge >= 0.3 is 5.97 Å². The fourth-order valence-corrected chi connectivity index (χ4v) is 2.79. The van der Waals surface area contributed by atoms with Crippen molar-refractivity contribution in [3.8, 4) is 0 Å². The molecule has 0 aliphatic carbocycles. The largest absolute Gasteiger partial charge is 0.461 e. The summed E-state index contributed by atoms with van der Waals surface area (Å²) in [5.74, 6) is -0.186. The number of ether oxygens (including phenoxy) is 1. The number of rotatable bonds is 3. The second-order valence-corrected chi connectivity index (χ2v) is 7.91. The Balaban J connectivity index is 2.82. The highest BCUT2D eigenvalue weighted by Gasteiger charge is 2.49. The number of halogens is 1. The molecule has 0 amide bonds. The van der Waals surface area contributed by atoms with Crippen LogP contribution in [-0.2, 0) is 14.7 Å². The molecular weight excluding hydrogens is 345 g/mol. The summed E-state index contributed by atoms with van der Waals surface area (Å²) in [6.45, 7) is 9.61. The maximum atomic E-state index is 12.3. The van der Waals surface area contributed by atoms with Crippen LogP contribution in [0.4, 0.5) is 0 Å². The molecule has 5 heteroatoms. The van der Waals surface area contributed by atoms with Gasteiger partial charge in [0, 0.05) is 18.4 Å². The van der Waals surface area contributed by atoms with E-state index in [1.54, 1.807) is 0 Å². The standard InChI is InChI=1S/C13H23INO3/c1-6-13(5)8-10(18-11(16)9(2)14)7-12(3,4)15(13)17/h9-10H,6-8H2,1-5H3. The molecular formula is C13H23INO3. The van der Waals surface area contributed by atoms with E-state index in [0.717, 1.165) is 6.42 Å². The van der Waals surface area contributed by atoms with Crippen LogP contribution < -0.4 is 0 Å². The summed E-state index contributed by atoms with van der Waals surface area (Å²) in [5.41, 5.74) is -0.927. The highest BCUT2D eigenvalue weighted by molar-refractivity contribution is 14.1. The fraction of sp³-hybridized carbons (Fsp3) is 0.923. The first-order chi connectivity index (χ1) is 8.12. The van der Waals surface area contributed by atoms with E-state index in [0.29, 0.717) is 12.8 Å². The summed E-state index contributed by atoms with van der Waals surface area (Å²) in [6, 6.07) is 0. The van der Waals surface area contributed by atoms with E-state index in [4.69, 9.17) is 4.74 Å². The van der Waals surface area contributed by atoms with Crippen molar-refractivity contribution in [1.82, 2.24) is 5.06 Å². The van der Waals surface area contributed by atoms with Crippen LogP contribution in [0.1, 0.15) is 53.9 Å². The van der Waals surface area contributed by atoms with Gasteiger partial charge in [-0.2, -0.15) is 0 Å². The number of carbonyl (C=O) groups is 1. The summed E-state index contributed by atoms with van der Waals surface area (Å²) in [6.07, 6.45) is 1.82. The molecule has 0 N–H and O–H groups in total. The maximum absolute atomic E-state index is 12.3. The van der Waals surface area contributed by atoms with E-state index < -0.39 is 11.1 Å². The molecule has 0 aromatic rings. The smallest absolute Gasteiger partial charge is 0.318 e. The average Bonchev–Trinajstić information content (AvgIpc) is 2.25. The van der Waals surface area contributed by atoms with Gasteiger partial charge in [-0.05, 0) is 34.1 Å². The van der Waals surface area contributed by atoms with Crippen LogP contribution >= 0.6 is 22.6 Å². The average molecular weight is 368 g/mol. The predicted molar refractivity (Wildman–Crippen MR) is 77.9 cm³/mol. The van der Waals surface area contributed by atoms with E-state index in [1.807, 2.05) is 57.2 Å². The number of hydrogen-bond acceptors (Lipinski definition) is 3. The monoisotopic (exact) mass is 368 g/mol. The summed E-state index contributed by atoms with van der Waals surface area (Å²) in [4.78, 5) is 11.7. The number of hydroxylamine groups is 2. The van der Waals surface area contributed by atoms with Crippen LogP contribution in [-0.4, -0.2) is 32.1 Å². The van der Waals surface area contributed by atoms with Crippen molar-refractivity contribution in [3.05, 3.63) is 0 Å². The number of alkyl halides is 1. The maximum Gasteiger partial charge on any atom is 0.318 e. The third-order valence-corrected chi connectivity index (χ3v) is 4.31. The molecule has 0 spiro atoms. The molecule has 0 aromatic carbocycles. The lowest BCUT2D eigenvalue weighted by molar-refractivity contribution is -0.304. The van der Waals surface area contributed by atoms with Crippen molar-refractivity contribution in [3.63, 3.8) is 0 Å². The summed E-state index contributed by atoms with van der Waals surface area (Å²) >= 11 is 2.05. The zero-order chi connectivity index (χ0) is 14.1. The van der Waals surface area contributed by atoms with E-state index in [1.165, 1.54) is 5.06 Å². The highest BCUT2D eigenvalue weighted by atomic mass is 127. The van der Waals surface area contributed by atoms with Crippen molar-refractivity contribution >= 4 is 28.6 Å². The van der Waals surface area contributed by atoms with Gasteiger partial charge < -0.3 is 4.74 Å². The molecule has 1 radical (unpaired) electrons. The molecule has 18 heavy (non-hydrogen) atoms. The van der Waals surface area contributed by atoms with Crippen LogP contribution in [0.2, 0.25) is 0 Å². The molecule has 1 aliphatic rings. The molecule has 1 aliphatic heterocycles. The van der Waals surface area contributed by atoms with Gasteiger partial charge in [-0.25, -0.2) is 0 Å². The van der Waals surface area contributed by atoms with Gasteiger partial charge in [0.25, 0.3) is 0 Å². The van der Waals surface area contributed by atoms with Crippen LogP contribution in [0.3, 0.4) is 0 Å². The number of piperidine rings is 1. The molecule has 3 unspecified atom stereocenters. The predicted octanol–water partition coefficient (Wildman–Crippen LogP) is 3.11. The first kappa shape index (κ1) is 16.2. The number of nitrogens with zero attached hydrogens (tertiary/aromatic N) is 1. The second kappa shape index (κ2) is 5.63. The lowest BCUT2D eigenvalue weighted by Gasteiger charge is -2.50. The molecule has 4 nitrogen and oxygen atoms in total. The Labute approximate surface area is 123 Å². The molecule has 105 valence electrons.